The van der Waals surface area contributed by atoms with E-state index < -0.39 is 0 Å². The van der Waals surface area contributed by atoms with E-state index in [1.807, 2.05) is 24.3 Å². The molecule has 0 amide bonds. The van der Waals surface area contributed by atoms with E-state index in [9.17, 15) is 0 Å². The SMILES string of the molecule is C=CCOc1ccccc1C=CCNCCOC. The smallest absolute Gasteiger partial charge is 0.126 e. The van der Waals surface area contributed by atoms with Crippen LogP contribution in [-0.2, 0) is 4.74 Å². The van der Waals surface area contributed by atoms with Gasteiger partial charge >= 0.3 is 0 Å². The van der Waals surface area contributed by atoms with E-state index in [-0.39, 0.29) is 0 Å². The van der Waals surface area contributed by atoms with Gasteiger partial charge in [0.25, 0.3) is 0 Å². The van der Waals surface area contributed by atoms with Gasteiger partial charge in [0, 0.05) is 25.8 Å². The molecule has 1 aromatic carbocycles. The third-order valence-electron chi connectivity index (χ3n) is 2.32. The minimum atomic E-state index is 0.525. The number of hydrogen-bond donors (Lipinski definition) is 1. The molecule has 1 N–H and O–H groups in total. The van der Waals surface area contributed by atoms with E-state index in [1.54, 1.807) is 13.2 Å². The van der Waals surface area contributed by atoms with Gasteiger partial charge in [-0.1, -0.05) is 43.0 Å². The molecule has 0 aromatic heterocycles. The van der Waals surface area contributed by atoms with Crippen LogP contribution in [0, 0.1) is 0 Å². The highest BCUT2D eigenvalue weighted by Gasteiger charge is 1.97. The zero-order chi connectivity index (χ0) is 13.1. The van der Waals surface area contributed by atoms with E-state index in [1.165, 1.54) is 0 Å². The molecule has 0 saturated carbocycles. The lowest BCUT2D eigenvalue weighted by atomic mass is 10.2. The average Bonchev–Trinajstić information content (AvgIpc) is 2.41. The van der Waals surface area contributed by atoms with Crippen LogP contribution < -0.4 is 10.1 Å². The Balaban J connectivity index is 2.44. The number of hydrogen-bond acceptors (Lipinski definition) is 3. The zero-order valence-electron chi connectivity index (χ0n) is 10.9. The first kappa shape index (κ1) is 14.5. The zero-order valence-corrected chi connectivity index (χ0v) is 10.9. The second kappa shape index (κ2) is 9.45. The van der Waals surface area contributed by atoms with Crippen LogP contribution in [0.15, 0.2) is 43.0 Å². The molecule has 0 fully saturated rings. The molecule has 0 aliphatic rings. The number of benzene rings is 1. The van der Waals surface area contributed by atoms with Crippen molar-refractivity contribution in [3.63, 3.8) is 0 Å². The van der Waals surface area contributed by atoms with Crippen LogP contribution in [0.25, 0.3) is 6.08 Å². The highest BCUT2D eigenvalue weighted by molar-refractivity contribution is 5.57. The van der Waals surface area contributed by atoms with Crippen LogP contribution >= 0.6 is 0 Å². The Bertz CT molecular complexity index is 375. The lowest BCUT2D eigenvalue weighted by Crippen LogP contribution is -2.18. The Kier molecular flexibility index (Phi) is 7.60. The van der Waals surface area contributed by atoms with E-state index >= 15 is 0 Å². The summed E-state index contributed by atoms with van der Waals surface area (Å²) in [5, 5.41) is 3.25. The van der Waals surface area contributed by atoms with Gasteiger partial charge in [-0.2, -0.15) is 0 Å². The summed E-state index contributed by atoms with van der Waals surface area (Å²) >= 11 is 0. The van der Waals surface area contributed by atoms with E-state index in [4.69, 9.17) is 9.47 Å². The summed E-state index contributed by atoms with van der Waals surface area (Å²) in [7, 11) is 1.70. The molecule has 98 valence electrons. The molecular formula is C15H21NO2. The fourth-order valence-corrected chi connectivity index (χ4v) is 1.44. The van der Waals surface area contributed by atoms with Gasteiger partial charge < -0.3 is 14.8 Å². The molecule has 0 aliphatic heterocycles. The maximum atomic E-state index is 5.57. The number of ether oxygens (including phenoxy) is 2. The Labute approximate surface area is 109 Å². The summed E-state index contributed by atoms with van der Waals surface area (Å²) in [6.45, 7) is 6.57. The molecule has 0 bridgehead atoms. The number of nitrogens with one attached hydrogen (secondary N) is 1. The van der Waals surface area contributed by atoms with Crippen molar-refractivity contribution in [2.45, 2.75) is 0 Å². The number of methoxy groups -OCH3 is 1. The summed E-state index contributed by atoms with van der Waals surface area (Å²) in [5.74, 6) is 0.880. The van der Waals surface area contributed by atoms with Crippen molar-refractivity contribution in [2.24, 2.45) is 0 Å². The van der Waals surface area contributed by atoms with Crippen molar-refractivity contribution >= 4 is 6.08 Å². The quantitative estimate of drug-likeness (QED) is 0.537. The van der Waals surface area contributed by atoms with Crippen molar-refractivity contribution in [3.8, 4) is 5.75 Å². The minimum Gasteiger partial charge on any atom is -0.489 e. The van der Waals surface area contributed by atoms with Crippen molar-refractivity contribution in [1.29, 1.82) is 0 Å². The largest absolute Gasteiger partial charge is 0.489 e. The maximum Gasteiger partial charge on any atom is 0.126 e. The highest BCUT2D eigenvalue weighted by atomic mass is 16.5. The molecule has 0 unspecified atom stereocenters. The molecule has 0 aliphatic carbocycles. The van der Waals surface area contributed by atoms with Gasteiger partial charge in [0.15, 0.2) is 0 Å². The summed E-state index contributed by atoms with van der Waals surface area (Å²) in [4.78, 5) is 0. The predicted octanol–water partition coefficient (Wildman–Crippen LogP) is 2.50. The first-order valence-electron chi connectivity index (χ1n) is 6.07. The Morgan fingerprint density at radius 2 is 2.17 bits per heavy atom. The third-order valence-corrected chi connectivity index (χ3v) is 2.32. The molecule has 1 aromatic rings. The fraction of sp³-hybridized carbons (Fsp3) is 0.333. The first-order valence-corrected chi connectivity index (χ1v) is 6.07. The van der Waals surface area contributed by atoms with Gasteiger partial charge in [-0.05, 0) is 6.07 Å². The summed E-state index contributed by atoms with van der Waals surface area (Å²) < 4.78 is 10.5. The Morgan fingerprint density at radius 3 is 2.94 bits per heavy atom. The van der Waals surface area contributed by atoms with Gasteiger partial charge in [0.2, 0.25) is 0 Å². The first-order chi connectivity index (χ1) is 8.88. The van der Waals surface area contributed by atoms with Crippen LogP contribution in [0.4, 0.5) is 0 Å². The Hall–Kier alpha value is -1.58. The van der Waals surface area contributed by atoms with Crippen LogP contribution in [0.2, 0.25) is 0 Å². The van der Waals surface area contributed by atoms with Crippen molar-refractivity contribution in [2.75, 3.05) is 33.4 Å². The fourth-order valence-electron chi connectivity index (χ4n) is 1.44. The van der Waals surface area contributed by atoms with E-state index in [2.05, 4.69) is 24.0 Å². The second-order valence-corrected chi connectivity index (χ2v) is 3.74. The molecule has 3 nitrogen and oxygen atoms in total. The molecule has 18 heavy (non-hydrogen) atoms. The van der Waals surface area contributed by atoms with Gasteiger partial charge in [-0.15, -0.1) is 0 Å². The van der Waals surface area contributed by atoms with Crippen LogP contribution in [0.1, 0.15) is 5.56 Å². The number of rotatable bonds is 9. The molecule has 0 atom stereocenters. The van der Waals surface area contributed by atoms with Crippen LogP contribution in [0.3, 0.4) is 0 Å². The molecular weight excluding hydrogens is 226 g/mol. The third kappa shape index (κ3) is 5.66. The minimum absolute atomic E-state index is 0.525. The summed E-state index contributed by atoms with van der Waals surface area (Å²) in [5.41, 5.74) is 1.08. The normalized spacial score (nSPS) is 10.7. The number of para-hydroxylation sites is 1. The second-order valence-electron chi connectivity index (χ2n) is 3.74. The van der Waals surface area contributed by atoms with Crippen LogP contribution in [0.5, 0.6) is 5.75 Å². The molecule has 0 heterocycles. The molecule has 0 spiro atoms. The highest BCUT2D eigenvalue weighted by Crippen LogP contribution is 2.19. The summed E-state index contributed by atoms with van der Waals surface area (Å²) in [6, 6.07) is 7.96. The van der Waals surface area contributed by atoms with E-state index in [0.717, 1.165) is 31.0 Å². The Morgan fingerprint density at radius 1 is 1.33 bits per heavy atom. The lowest BCUT2D eigenvalue weighted by Gasteiger charge is -2.06. The standard InChI is InChI=1S/C15H21NO2/c1-3-12-18-15-9-5-4-7-14(15)8-6-10-16-11-13-17-2/h3-9,16H,1,10-13H2,2H3. The van der Waals surface area contributed by atoms with Crippen molar-refractivity contribution in [1.82, 2.24) is 5.32 Å². The molecule has 3 heteroatoms. The molecule has 0 radical (unpaired) electrons. The van der Waals surface area contributed by atoms with Gasteiger partial charge in [0.05, 0.1) is 6.61 Å². The monoisotopic (exact) mass is 247 g/mol. The van der Waals surface area contributed by atoms with Crippen LogP contribution in [-0.4, -0.2) is 33.4 Å². The summed E-state index contributed by atoms with van der Waals surface area (Å²) in [6.07, 6.45) is 5.87. The molecule has 1 rings (SSSR count). The van der Waals surface area contributed by atoms with Gasteiger partial charge in [0.1, 0.15) is 12.4 Å². The predicted molar refractivity (Wildman–Crippen MR) is 75.9 cm³/mol. The van der Waals surface area contributed by atoms with Gasteiger partial charge in [-0.25, -0.2) is 0 Å². The van der Waals surface area contributed by atoms with Crippen molar-refractivity contribution in [3.05, 3.63) is 48.6 Å². The topological polar surface area (TPSA) is 30.5 Å². The molecule has 0 saturated heterocycles. The van der Waals surface area contributed by atoms with Gasteiger partial charge in [-0.3, -0.25) is 0 Å². The lowest BCUT2D eigenvalue weighted by molar-refractivity contribution is 0.200. The maximum absolute atomic E-state index is 5.57. The average molecular weight is 247 g/mol. The van der Waals surface area contributed by atoms with Crippen molar-refractivity contribution < 1.29 is 9.47 Å². The van der Waals surface area contributed by atoms with E-state index in [0.29, 0.717) is 6.61 Å².